The quantitative estimate of drug-likeness (QED) is 0.164. The Hall–Kier alpha value is -5.96. The first-order valence-corrected chi connectivity index (χ1v) is 14.3. The van der Waals surface area contributed by atoms with Crippen molar-refractivity contribution >= 4 is 44.6 Å². The van der Waals surface area contributed by atoms with E-state index in [9.17, 15) is 13.2 Å². The number of rotatable bonds is 7. The molecule has 0 unspecified atom stereocenters. The van der Waals surface area contributed by atoms with E-state index in [0.717, 1.165) is 6.26 Å². The van der Waals surface area contributed by atoms with Crippen molar-refractivity contribution in [1.29, 1.82) is 0 Å². The fourth-order valence-corrected chi connectivity index (χ4v) is 3.97. The number of carbonyl (C=O) groups is 1. The highest BCUT2D eigenvalue weighted by molar-refractivity contribution is 7.90. The molecule has 220 valence electrons. The number of ether oxygens (including phenoxy) is 2. The van der Waals surface area contributed by atoms with Gasteiger partial charge >= 0.3 is 6.03 Å². The summed E-state index contributed by atoms with van der Waals surface area (Å²) in [7, 11) is -3.36. The first kappa shape index (κ1) is 30.0. The Morgan fingerprint density at radius 3 is 1.70 bits per heavy atom. The van der Waals surface area contributed by atoms with E-state index in [-0.39, 0.29) is 4.90 Å². The lowest BCUT2D eigenvalue weighted by molar-refractivity contribution is 0.262. The SMILES string of the molecule is CS(=O)(=O)c1cccc(NC(=O)Nc2ccc(Oc3cc(N)ncn3)cc2)c1.Nc1ccc(Oc2cc(N)ncn2)cc1. The Morgan fingerprint density at radius 1 is 0.674 bits per heavy atom. The van der Waals surface area contributed by atoms with Gasteiger partial charge in [0.2, 0.25) is 11.8 Å². The van der Waals surface area contributed by atoms with Crippen LogP contribution in [0.1, 0.15) is 0 Å². The molecule has 2 aromatic heterocycles. The van der Waals surface area contributed by atoms with E-state index < -0.39 is 15.9 Å². The summed E-state index contributed by atoms with van der Waals surface area (Å²) in [6, 6.07) is 22.1. The molecular weight excluding hydrogens is 574 g/mol. The number of hydrogen-bond donors (Lipinski definition) is 5. The van der Waals surface area contributed by atoms with Crippen molar-refractivity contribution in [3.8, 4) is 23.3 Å². The Morgan fingerprint density at radius 2 is 1.19 bits per heavy atom. The number of carbonyl (C=O) groups excluding carboxylic acids is 1. The van der Waals surface area contributed by atoms with Crippen LogP contribution in [0.2, 0.25) is 0 Å². The highest BCUT2D eigenvalue weighted by atomic mass is 32.2. The molecule has 5 rings (SSSR count). The highest BCUT2D eigenvalue weighted by Gasteiger charge is 2.09. The molecule has 0 saturated carbocycles. The van der Waals surface area contributed by atoms with Crippen molar-refractivity contribution in [2.75, 3.05) is 34.1 Å². The predicted octanol–water partition coefficient (Wildman–Crippen LogP) is 4.33. The summed E-state index contributed by atoms with van der Waals surface area (Å²) in [5, 5.41) is 5.24. The number of aromatic nitrogens is 4. The molecule has 0 spiro atoms. The Balaban J connectivity index is 0.000000237. The van der Waals surface area contributed by atoms with Crippen molar-refractivity contribution in [2.24, 2.45) is 0 Å². The second-order valence-electron chi connectivity index (χ2n) is 8.74. The number of nitrogen functional groups attached to an aromatic ring is 3. The monoisotopic (exact) mass is 601 g/mol. The molecule has 0 bridgehead atoms. The number of urea groups is 1. The van der Waals surface area contributed by atoms with Crippen LogP contribution in [0.25, 0.3) is 0 Å². The summed E-state index contributed by atoms with van der Waals surface area (Å²) in [5.41, 5.74) is 18.2. The number of nitrogens with zero attached hydrogens (tertiary/aromatic N) is 4. The van der Waals surface area contributed by atoms with Gasteiger partial charge < -0.3 is 37.3 Å². The summed E-state index contributed by atoms with van der Waals surface area (Å²) in [6.07, 6.45) is 3.75. The number of hydrogen-bond acceptors (Lipinski definition) is 12. The maximum Gasteiger partial charge on any atom is 0.323 e. The highest BCUT2D eigenvalue weighted by Crippen LogP contribution is 2.23. The normalized spacial score (nSPS) is 10.5. The first-order chi connectivity index (χ1) is 20.5. The molecule has 0 aliphatic heterocycles. The number of nitrogens with two attached hydrogens (primary N) is 3. The molecule has 0 atom stereocenters. The Labute approximate surface area is 246 Å². The van der Waals surface area contributed by atoms with E-state index in [2.05, 4.69) is 30.6 Å². The average Bonchev–Trinajstić information content (AvgIpc) is 2.95. The molecule has 3 aromatic carbocycles. The minimum atomic E-state index is -3.36. The predicted molar refractivity (Wildman–Crippen MR) is 163 cm³/mol. The molecular formula is C28H27N9O5S. The molecule has 15 heteroatoms. The van der Waals surface area contributed by atoms with E-state index in [0.29, 0.717) is 52.0 Å². The summed E-state index contributed by atoms with van der Waals surface area (Å²) in [5.74, 6) is 2.53. The summed E-state index contributed by atoms with van der Waals surface area (Å²) in [6.45, 7) is 0. The third-order valence-electron chi connectivity index (χ3n) is 5.28. The number of nitrogens with one attached hydrogen (secondary N) is 2. The summed E-state index contributed by atoms with van der Waals surface area (Å²) >= 11 is 0. The van der Waals surface area contributed by atoms with Crippen molar-refractivity contribution < 1.29 is 22.7 Å². The summed E-state index contributed by atoms with van der Waals surface area (Å²) < 4.78 is 34.1. The lowest BCUT2D eigenvalue weighted by atomic mass is 10.3. The van der Waals surface area contributed by atoms with Gasteiger partial charge in [-0.15, -0.1) is 0 Å². The molecule has 2 amide bonds. The number of amides is 2. The molecule has 14 nitrogen and oxygen atoms in total. The lowest BCUT2D eigenvalue weighted by Gasteiger charge is -2.10. The maximum absolute atomic E-state index is 12.1. The molecule has 5 aromatic rings. The molecule has 2 heterocycles. The van der Waals surface area contributed by atoms with Crippen LogP contribution in [0.15, 0.2) is 102 Å². The number of sulfone groups is 1. The fourth-order valence-electron chi connectivity index (χ4n) is 3.30. The van der Waals surface area contributed by atoms with Crippen molar-refractivity contribution in [3.05, 3.63) is 97.6 Å². The Bertz CT molecular complexity index is 1800. The van der Waals surface area contributed by atoms with Crippen molar-refractivity contribution in [1.82, 2.24) is 19.9 Å². The van der Waals surface area contributed by atoms with Gasteiger partial charge in [-0.25, -0.2) is 33.1 Å². The third kappa shape index (κ3) is 9.58. The molecule has 0 saturated heterocycles. The van der Waals surface area contributed by atoms with Crippen LogP contribution in [-0.4, -0.2) is 40.6 Å². The minimum absolute atomic E-state index is 0.122. The fraction of sp³-hybridized carbons (Fsp3) is 0.0357. The number of anilines is 5. The molecule has 0 aliphatic carbocycles. The van der Waals surface area contributed by atoms with Gasteiger partial charge in [-0.3, -0.25) is 0 Å². The van der Waals surface area contributed by atoms with Crippen LogP contribution in [0.3, 0.4) is 0 Å². The molecule has 8 N–H and O–H groups in total. The number of benzene rings is 3. The standard InChI is InChI=1S/C18H17N5O4S.C10H10N4O/c1-28(25,26)15-4-2-3-13(9-15)23-18(24)22-12-5-7-14(8-6-12)27-17-10-16(19)20-11-21-17;11-7-1-3-8(4-2-7)15-10-5-9(12)13-6-14-10/h2-11H,1H3,(H2,19,20,21)(H2,22,23,24);1-6H,11H2,(H2,12,13,14). The molecule has 0 fully saturated rings. The van der Waals surface area contributed by atoms with Crippen LogP contribution < -0.4 is 37.3 Å². The third-order valence-corrected chi connectivity index (χ3v) is 6.39. The lowest BCUT2D eigenvalue weighted by Crippen LogP contribution is -2.19. The van der Waals surface area contributed by atoms with Gasteiger partial charge in [0, 0.05) is 35.5 Å². The van der Waals surface area contributed by atoms with Crippen molar-refractivity contribution in [3.63, 3.8) is 0 Å². The van der Waals surface area contributed by atoms with E-state index in [1.54, 1.807) is 66.7 Å². The second kappa shape index (κ2) is 13.6. The van der Waals surface area contributed by atoms with Gasteiger partial charge in [-0.2, -0.15) is 0 Å². The average molecular weight is 602 g/mol. The van der Waals surface area contributed by atoms with Crippen LogP contribution >= 0.6 is 0 Å². The maximum atomic E-state index is 12.1. The second-order valence-corrected chi connectivity index (χ2v) is 10.8. The van der Waals surface area contributed by atoms with Crippen LogP contribution in [0, 0.1) is 0 Å². The zero-order chi connectivity index (χ0) is 30.8. The van der Waals surface area contributed by atoms with Crippen LogP contribution in [0.4, 0.5) is 33.5 Å². The van der Waals surface area contributed by atoms with Gasteiger partial charge in [0.05, 0.1) is 4.90 Å². The Kier molecular flexibility index (Phi) is 9.49. The zero-order valence-electron chi connectivity index (χ0n) is 22.7. The van der Waals surface area contributed by atoms with Gasteiger partial charge in [0.15, 0.2) is 9.84 Å². The van der Waals surface area contributed by atoms with Crippen LogP contribution in [0.5, 0.6) is 23.3 Å². The van der Waals surface area contributed by atoms with E-state index in [1.165, 1.54) is 30.9 Å². The van der Waals surface area contributed by atoms with Gasteiger partial charge in [0.25, 0.3) is 0 Å². The van der Waals surface area contributed by atoms with Gasteiger partial charge in [-0.05, 0) is 66.7 Å². The van der Waals surface area contributed by atoms with E-state index in [1.807, 2.05) is 0 Å². The van der Waals surface area contributed by atoms with E-state index in [4.69, 9.17) is 26.7 Å². The van der Waals surface area contributed by atoms with E-state index >= 15 is 0 Å². The minimum Gasteiger partial charge on any atom is -0.439 e. The van der Waals surface area contributed by atoms with Crippen molar-refractivity contribution in [2.45, 2.75) is 4.90 Å². The largest absolute Gasteiger partial charge is 0.439 e. The molecule has 43 heavy (non-hydrogen) atoms. The van der Waals surface area contributed by atoms with Crippen LogP contribution in [-0.2, 0) is 9.84 Å². The van der Waals surface area contributed by atoms with Gasteiger partial charge in [-0.1, -0.05) is 6.07 Å². The van der Waals surface area contributed by atoms with Gasteiger partial charge in [0.1, 0.15) is 35.8 Å². The zero-order valence-corrected chi connectivity index (χ0v) is 23.5. The summed E-state index contributed by atoms with van der Waals surface area (Å²) in [4.78, 5) is 27.6. The first-order valence-electron chi connectivity index (χ1n) is 12.4. The molecule has 0 radical (unpaired) electrons. The smallest absolute Gasteiger partial charge is 0.323 e. The topological polar surface area (TPSA) is 223 Å². The molecule has 0 aliphatic rings.